The Kier molecular flexibility index (Phi) is 5.58. The topological polar surface area (TPSA) is 9.23 Å². The van der Waals surface area contributed by atoms with Crippen LogP contribution in [0.2, 0.25) is 0 Å². The summed E-state index contributed by atoms with van der Waals surface area (Å²) in [6, 6.07) is 4.18. The molecule has 1 unspecified atom stereocenters. The summed E-state index contributed by atoms with van der Waals surface area (Å²) in [4.78, 5) is 0. The molecule has 1 nitrogen and oxygen atoms in total. The molecule has 106 valence electrons. The fourth-order valence-corrected chi connectivity index (χ4v) is 3.72. The van der Waals surface area contributed by atoms with Crippen LogP contribution >= 0.6 is 27.5 Å². The molecule has 1 aromatic rings. The third kappa shape index (κ3) is 3.88. The minimum atomic E-state index is 0.0509. The van der Waals surface area contributed by atoms with Crippen molar-refractivity contribution in [1.82, 2.24) is 0 Å². The molecular formula is C16H22BrClO. The van der Waals surface area contributed by atoms with E-state index in [9.17, 15) is 0 Å². The Morgan fingerprint density at radius 1 is 1.32 bits per heavy atom. The van der Waals surface area contributed by atoms with E-state index in [4.69, 9.17) is 16.3 Å². The number of hydrogen-bond donors (Lipinski definition) is 0. The molecule has 0 aromatic heterocycles. The van der Waals surface area contributed by atoms with E-state index in [1.54, 1.807) is 7.11 Å². The lowest BCUT2D eigenvalue weighted by Crippen LogP contribution is -2.09. The van der Waals surface area contributed by atoms with Crippen LogP contribution in [0.3, 0.4) is 0 Å². The summed E-state index contributed by atoms with van der Waals surface area (Å²) in [5.41, 5.74) is 2.30. The van der Waals surface area contributed by atoms with E-state index in [1.807, 2.05) is 0 Å². The quantitative estimate of drug-likeness (QED) is 0.607. The summed E-state index contributed by atoms with van der Waals surface area (Å²) in [6.45, 7) is 2.07. The van der Waals surface area contributed by atoms with Crippen molar-refractivity contribution in [2.75, 3.05) is 7.11 Å². The van der Waals surface area contributed by atoms with E-state index in [0.717, 1.165) is 28.1 Å². The molecule has 0 bridgehead atoms. The molecule has 1 aliphatic carbocycles. The van der Waals surface area contributed by atoms with Gasteiger partial charge in [-0.05, 0) is 37.0 Å². The summed E-state index contributed by atoms with van der Waals surface area (Å²) in [7, 11) is 1.72. The second kappa shape index (κ2) is 6.99. The molecule has 1 fully saturated rings. The summed E-state index contributed by atoms with van der Waals surface area (Å²) in [5.74, 6) is 1.69. The monoisotopic (exact) mass is 344 g/mol. The molecule has 0 radical (unpaired) electrons. The lowest BCUT2D eigenvalue weighted by molar-refractivity contribution is 0.333. The average Bonchev–Trinajstić information content (AvgIpc) is 2.42. The molecule has 1 aromatic carbocycles. The number of aryl methyl sites for hydroxylation is 1. The summed E-state index contributed by atoms with van der Waals surface area (Å²) in [5, 5.41) is 0.0509. The van der Waals surface area contributed by atoms with Gasteiger partial charge in [0.25, 0.3) is 0 Å². The van der Waals surface area contributed by atoms with E-state index in [1.165, 1.54) is 37.7 Å². The number of benzene rings is 1. The first-order chi connectivity index (χ1) is 9.11. The molecule has 0 saturated heterocycles. The van der Waals surface area contributed by atoms with Gasteiger partial charge in [-0.3, -0.25) is 0 Å². The Labute approximate surface area is 129 Å². The Hall–Kier alpha value is -0.210. The second-order valence-corrected chi connectivity index (χ2v) is 6.93. The molecule has 0 aliphatic heterocycles. The van der Waals surface area contributed by atoms with Gasteiger partial charge >= 0.3 is 0 Å². The van der Waals surface area contributed by atoms with Gasteiger partial charge in [-0.25, -0.2) is 0 Å². The molecule has 2 rings (SSSR count). The lowest BCUT2D eigenvalue weighted by Gasteiger charge is -2.24. The van der Waals surface area contributed by atoms with Gasteiger partial charge in [0.2, 0.25) is 0 Å². The fraction of sp³-hybridized carbons (Fsp3) is 0.625. The minimum absolute atomic E-state index is 0.0509. The first kappa shape index (κ1) is 15.2. The normalized spacial score (nSPS) is 18.3. The molecule has 1 atom stereocenters. The van der Waals surface area contributed by atoms with Crippen LogP contribution < -0.4 is 4.74 Å². The van der Waals surface area contributed by atoms with Crippen molar-refractivity contribution in [3.8, 4) is 5.75 Å². The second-order valence-electron chi connectivity index (χ2n) is 5.55. The number of ether oxygens (including phenoxy) is 1. The number of rotatable bonds is 4. The van der Waals surface area contributed by atoms with Gasteiger partial charge in [0.1, 0.15) is 5.75 Å². The molecule has 19 heavy (non-hydrogen) atoms. The number of halogens is 2. The predicted molar refractivity (Wildman–Crippen MR) is 85.2 cm³/mol. The highest BCUT2D eigenvalue weighted by Gasteiger charge is 2.21. The van der Waals surface area contributed by atoms with Gasteiger partial charge < -0.3 is 4.74 Å². The maximum atomic E-state index is 6.65. The summed E-state index contributed by atoms with van der Waals surface area (Å²) >= 11 is 10.2. The Morgan fingerprint density at radius 2 is 2.00 bits per heavy atom. The van der Waals surface area contributed by atoms with Crippen LogP contribution in [-0.4, -0.2) is 7.11 Å². The largest absolute Gasteiger partial charge is 0.496 e. The van der Waals surface area contributed by atoms with E-state index < -0.39 is 0 Å². The summed E-state index contributed by atoms with van der Waals surface area (Å²) in [6.07, 6.45) is 7.85. The van der Waals surface area contributed by atoms with Crippen LogP contribution in [0.1, 0.15) is 55.0 Å². The molecule has 0 heterocycles. The number of methoxy groups -OCH3 is 1. The smallest absolute Gasteiger partial charge is 0.123 e. The van der Waals surface area contributed by atoms with Crippen molar-refractivity contribution in [1.29, 1.82) is 0 Å². The van der Waals surface area contributed by atoms with Gasteiger partial charge in [-0.2, -0.15) is 0 Å². The van der Waals surface area contributed by atoms with Crippen molar-refractivity contribution < 1.29 is 4.74 Å². The standard InChI is InChI=1S/C16H22BrClO/c1-11-8-16(19-2)13(10-14(11)17)15(18)9-12-6-4-3-5-7-12/h8,10,12,15H,3-7,9H2,1-2H3. The third-order valence-corrected chi connectivity index (χ3v) is 5.38. The Morgan fingerprint density at radius 3 is 2.63 bits per heavy atom. The summed E-state index contributed by atoms with van der Waals surface area (Å²) < 4.78 is 6.60. The van der Waals surface area contributed by atoms with Crippen molar-refractivity contribution in [2.45, 2.75) is 50.8 Å². The van der Waals surface area contributed by atoms with E-state index in [-0.39, 0.29) is 5.38 Å². The molecule has 3 heteroatoms. The zero-order valence-corrected chi connectivity index (χ0v) is 14.1. The number of hydrogen-bond acceptors (Lipinski definition) is 1. The zero-order chi connectivity index (χ0) is 13.8. The highest BCUT2D eigenvalue weighted by molar-refractivity contribution is 9.10. The highest BCUT2D eigenvalue weighted by Crippen LogP contribution is 2.40. The van der Waals surface area contributed by atoms with Crippen LogP contribution in [0.25, 0.3) is 0 Å². The first-order valence-electron chi connectivity index (χ1n) is 7.10. The first-order valence-corrected chi connectivity index (χ1v) is 8.33. The van der Waals surface area contributed by atoms with Crippen molar-refractivity contribution >= 4 is 27.5 Å². The Bertz CT molecular complexity index is 427. The molecule has 0 N–H and O–H groups in total. The zero-order valence-electron chi connectivity index (χ0n) is 11.7. The fourth-order valence-electron chi connectivity index (χ4n) is 2.93. The third-order valence-electron chi connectivity index (χ3n) is 4.11. The predicted octanol–water partition coefficient (Wildman–Crippen LogP) is 6.02. The van der Waals surface area contributed by atoms with Gasteiger partial charge in [0.15, 0.2) is 0 Å². The van der Waals surface area contributed by atoms with Crippen molar-refractivity contribution in [3.05, 3.63) is 27.7 Å². The van der Waals surface area contributed by atoms with E-state index in [2.05, 4.69) is 35.0 Å². The van der Waals surface area contributed by atoms with E-state index in [0.29, 0.717) is 0 Å². The van der Waals surface area contributed by atoms with Crippen LogP contribution in [0.15, 0.2) is 16.6 Å². The van der Waals surface area contributed by atoms with Crippen molar-refractivity contribution in [2.24, 2.45) is 5.92 Å². The number of alkyl halides is 1. The van der Waals surface area contributed by atoms with Crippen molar-refractivity contribution in [3.63, 3.8) is 0 Å². The molecule has 0 spiro atoms. The Balaban J connectivity index is 2.13. The molecule has 1 aliphatic rings. The van der Waals surface area contributed by atoms with Gasteiger partial charge in [-0.15, -0.1) is 11.6 Å². The molecule has 0 amide bonds. The van der Waals surface area contributed by atoms with Gasteiger partial charge in [-0.1, -0.05) is 48.0 Å². The minimum Gasteiger partial charge on any atom is -0.496 e. The molecule has 1 saturated carbocycles. The highest BCUT2D eigenvalue weighted by atomic mass is 79.9. The van der Waals surface area contributed by atoms with Crippen LogP contribution in [0.4, 0.5) is 0 Å². The SMILES string of the molecule is COc1cc(C)c(Br)cc1C(Cl)CC1CCCCC1. The van der Waals surface area contributed by atoms with Crippen LogP contribution in [0.5, 0.6) is 5.75 Å². The van der Waals surface area contributed by atoms with Crippen LogP contribution in [0, 0.1) is 12.8 Å². The lowest BCUT2D eigenvalue weighted by atomic mass is 9.85. The average molecular weight is 346 g/mol. The van der Waals surface area contributed by atoms with Gasteiger partial charge in [0, 0.05) is 10.0 Å². The van der Waals surface area contributed by atoms with Gasteiger partial charge in [0.05, 0.1) is 12.5 Å². The molecular weight excluding hydrogens is 324 g/mol. The van der Waals surface area contributed by atoms with Crippen LogP contribution in [-0.2, 0) is 0 Å². The van der Waals surface area contributed by atoms with E-state index >= 15 is 0 Å². The maximum absolute atomic E-state index is 6.65. The maximum Gasteiger partial charge on any atom is 0.123 e.